The van der Waals surface area contributed by atoms with E-state index in [0.29, 0.717) is 0 Å². The summed E-state index contributed by atoms with van der Waals surface area (Å²) in [7, 11) is 2.22. The quantitative estimate of drug-likeness (QED) is 0.677. The third kappa shape index (κ3) is 2.71. The van der Waals surface area contributed by atoms with Crippen LogP contribution in [0.1, 0.15) is 26.2 Å². The molecule has 0 aliphatic carbocycles. The molecule has 82 valence electrons. The summed E-state index contributed by atoms with van der Waals surface area (Å²) in [4.78, 5) is 5.08. The van der Waals surface area contributed by atoms with Gasteiger partial charge in [-0.2, -0.15) is 0 Å². The first-order valence-electron chi connectivity index (χ1n) is 6.15. The number of piperidine rings is 1. The number of hydrogen-bond donors (Lipinski definition) is 0. The number of rotatable bonds is 3. The summed E-state index contributed by atoms with van der Waals surface area (Å²) in [5.74, 6) is 1.97. The fourth-order valence-corrected chi connectivity index (χ4v) is 2.66. The Labute approximate surface area is 88.3 Å². The van der Waals surface area contributed by atoms with Gasteiger partial charge in [0, 0.05) is 13.1 Å². The highest BCUT2D eigenvalue weighted by Crippen LogP contribution is 2.20. The summed E-state index contributed by atoms with van der Waals surface area (Å²) in [6.07, 6.45) is 4.27. The average Bonchev–Trinajstić information content (AvgIpc) is 2.13. The maximum Gasteiger partial charge on any atom is 0.00194 e. The highest BCUT2D eigenvalue weighted by molar-refractivity contribution is 4.78. The topological polar surface area (TPSA) is 6.48 Å². The monoisotopic (exact) mass is 196 g/mol. The Kier molecular flexibility index (Phi) is 3.45. The van der Waals surface area contributed by atoms with E-state index < -0.39 is 0 Å². The first-order valence-corrected chi connectivity index (χ1v) is 6.15. The Morgan fingerprint density at radius 2 is 1.79 bits per heavy atom. The first-order chi connectivity index (χ1) is 6.74. The van der Waals surface area contributed by atoms with Gasteiger partial charge in [-0.15, -0.1) is 0 Å². The zero-order valence-corrected chi connectivity index (χ0v) is 9.71. The molecule has 2 aliphatic heterocycles. The predicted molar refractivity (Wildman–Crippen MR) is 60.4 cm³/mol. The second kappa shape index (κ2) is 4.63. The van der Waals surface area contributed by atoms with Crippen molar-refractivity contribution in [2.75, 3.05) is 39.8 Å². The van der Waals surface area contributed by atoms with E-state index in [1.807, 2.05) is 0 Å². The molecule has 0 amide bonds. The van der Waals surface area contributed by atoms with Crippen LogP contribution in [0.5, 0.6) is 0 Å². The van der Waals surface area contributed by atoms with Crippen molar-refractivity contribution in [3.05, 3.63) is 0 Å². The summed E-state index contributed by atoms with van der Waals surface area (Å²) in [5, 5.41) is 0. The standard InChI is InChI=1S/C12H24N2/c1-11-3-6-14(7-4-11)8-5-12-9-13(2)10-12/h11-12H,3-10H2,1-2H3. The predicted octanol–water partition coefficient (Wildman–Crippen LogP) is 1.67. The van der Waals surface area contributed by atoms with Gasteiger partial charge >= 0.3 is 0 Å². The molecule has 0 saturated carbocycles. The minimum Gasteiger partial charge on any atom is -0.306 e. The maximum atomic E-state index is 2.66. The Hall–Kier alpha value is -0.0800. The van der Waals surface area contributed by atoms with E-state index >= 15 is 0 Å². The summed E-state index contributed by atoms with van der Waals surface area (Å²) >= 11 is 0. The van der Waals surface area contributed by atoms with Crippen molar-refractivity contribution in [3.8, 4) is 0 Å². The van der Waals surface area contributed by atoms with Gasteiger partial charge in [0.25, 0.3) is 0 Å². The highest BCUT2D eigenvalue weighted by atomic mass is 15.2. The number of hydrogen-bond acceptors (Lipinski definition) is 2. The molecule has 2 nitrogen and oxygen atoms in total. The maximum absolute atomic E-state index is 2.66. The van der Waals surface area contributed by atoms with E-state index in [-0.39, 0.29) is 0 Å². The van der Waals surface area contributed by atoms with E-state index in [1.54, 1.807) is 0 Å². The molecular weight excluding hydrogens is 172 g/mol. The Morgan fingerprint density at radius 1 is 1.14 bits per heavy atom. The number of likely N-dealkylation sites (tertiary alicyclic amines) is 2. The van der Waals surface area contributed by atoms with Crippen LogP contribution in [0.25, 0.3) is 0 Å². The van der Waals surface area contributed by atoms with Crippen molar-refractivity contribution >= 4 is 0 Å². The molecule has 2 aliphatic rings. The minimum absolute atomic E-state index is 0.973. The van der Waals surface area contributed by atoms with Gasteiger partial charge in [0.15, 0.2) is 0 Å². The van der Waals surface area contributed by atoms with Gasteiger partial charge in [0.1, 0.15) is 0 Å². The van der Waals surface area contributed by atoms with Gasteiger partial charge in [0.05, 0.1) is 0 Å². The minimum atomic E-state index is 0.973. The van der Waals surface area contributed by atoms with Crippen molar-refractivity contribution < 1.29 is 0 Å². The summed E-state index contributed by atoms with van der Waals surface area (Å²) in [6, 6.07) is 0. The smallest absolute Gasteiger partial charge is 0.00194 e. The van der Waals surface area contributed by atoms with Crippen molar-refractivity contribution in [2.24, 2.45) is 11.8 Å². The van der Waals surface area contributed by atoms with E-state index in [2.05, 4.69) is 23.8 Å². The average molecular weight is 196 g/mol. The molecule has 0 spiro atoms. The molecule has 2 rings (SSSR count). The van der Waals surface area contributed by atoms with Crippen LogP contribution in [0.15, 0.2) is 0 Å². The zero-order valence-electron chi connectivity index (χ0n) is 9.71. The Balaban J connectivity index is 1.57. The fourth-order valence-electron chi connectivity index (χ4n) is 2.66. The molecule has 0 aromatic carbocycles. The highest BCUT2D eigenvalue weighted by Gasteiger charge is 2.24. The van der Waals surface area contributed by atoms with Crippen LogP contribution < -0.4 is 0 Å². The van der Waals surface area contributed by atoms with Crippen molar-refractivity contribution in [3.63, 3.8) is 0 Å². The lowest BCUT2D eigenvalue weighted by molar-refractivity contribution is 0.103. The molecule has 14 heavy (non-hydrogen) atoms. The third-order valence-corrected chi connectivity index (χ3v) is 3.87. The molecule has 2 heterocycles. The van der Waals surface area contributed by atoms with Crippen LogP contribution in [0, 0.1) is 11.8 Å². The Bertz CT molecular complexity index is 167. The van der Waals surface area contributed by atoms with E-state index in [0.717, 1.165) is 11.8 Å². The van der Waals surface area contributed by atoms with Crippen LogP contribution in [0.4, 0.5) is 0 Å². The molecule has 2 heteroatoms. The normalized spacial score (nSPS) is 27.9. The molecular formula is C12H24N2. The van der Waals surface area contributed by atoms with Crippen molar-refractivity contribution in [2.45, 2.75) is 26.2 Å². The fraction of sp³-hybridized carbons (Fsp3) is 1.00. The molecule has 0 unspecified atom stereocenters. The molecule has 0 aromatic heterocycles. The van der Waals surface area contributed by atoms with Gasteiger partial charge in [-0.1, -0.05) is 6.92 Å². The van der Waals surface area contributed by atoms with E-state index in [9.17, 15) is 0 Å². The van der Waals surface area contributed by atoms with Crippen LogP contribution in [0.2, 0.25) is 0 Å². The van der Waals surface area contributed by atoms with Gasteiger partial charge in [-0.05, 0) is 57.8 Å². The van der Waals surface area contributed by atoms with Crippen molar-refractivity contribution in [1.82, 2.24) is 9.80 Å². The lowest BCUT2D eigenvalue weighted by Gasteiger charge is -2.38. The summed E-state index contributed by atoms with van der Waals surface area (Å²) in [5.41, 5.74) is 0. The second-order valence-corrected chi connectivity index (χ2v) is 5.40. The third-order valence-electron chi connectivity index (χ3n) is 3.87. The van der Waals surface area contributed by atoms with Gasteiger partial charge in [-0.25, -0.2) is 0 Å². The molecule has 2 saturated heterocycles. The zero-order chi connectivity index (χ0) is 9.97. The SMILES string of the molecule is CC1CCN(CCC2CN(C)C2)CC1. The van der Waals surface area contributed by atoms with Gasteiger partial charge in [0.2, 0.25) is 0 Å². The van der Waals surface area contributed by atoms with Crippen LogP contribution in [-0.4, -0.2) is 49.6 Å². The van der Waals surface area contributed by atoms with Gasteiger partial charge < -0.3 is 9.80 Å². The molecule has 0 bridgehead atoms. The van der Waals surface area contributed by atoms with Crippen molar-refractivity contribution in [1.29, 1.82) is 0 Å². The summed E-state index contributed by atoms with van der Waals surface area (Å²) < 4.78 is 0. The molecule has 2 fully saturated rings. The van der Waals surface area contributed by atoms with E-state index in [1.165, 1.54) is 52.0 Å². The van der Waals surface area contributed by atoms with Crippen LogP contribution in [-0.2, 0) is 0 Å². The molecule has 0 radical (unpaired) electrons. The molecule has 0 atom stereocenters. The van der Waals surface area contributed by atoms with E-state index in [4.69, 9.17) is 0 Å². The largest absolute Gasteiger partial charge is 0.306 e. The number of nitrogens with zero attached hydrogens (tertiary/aromatic N) is 2. The molecule has 0 aromatic rings. The lowest BCUT2D eigenvalue weighted by atomic mass is 9.95. The first kappa shape index (κ1) is 10.4. The lowest BCUT2D eigenvalue weighted by Crippen LogP contribution is -2.45. The molecule has 0 N–H and O–H groups in total. The Morgan fingerprint density at radius 3 is 2.36 bits per heavy atom. The van der Waals surface area contributed by atoms with Gasteiger partial charge in [-0.3, -0.25) is 0 Å². The van der Waals surface area contributed by atoms with Crippen LogP contribution in [0.3, 0.4) is 0 Å². The second-order valence-electron chi connectivity index (χ2n) is 5.40. The summed E-state index contributed by atoms with van der Waals surface area (Å²) in [6.45, 7) is 9.12. The van der Waals surface area contributed by atoms with Crippen LogP contribution >= 0.6 is 0 Å².